The molecular weight excluding hydrogens is 174 g/mol. The van der Waals surface area contributed by atoms with Gasteiger partial charge in [0.2, 0.25) is 0 Å². The van der Waals surface area contributed by atoms with Gasteiger partial charge in [-0.1, -0.05) is 20.3 Å². The molecule has 14 heavy (non-hydrogen) atoms. The topological polar surface area (TPSA) is 21.3 Å². The van der Waals surface area contributed by atoms with E-state index in [9.17, 15) is 0 Å². The highest BCUT2D eigenvalue weighted by atomic mass is 16.5. The third kappa shape index (κ3) is 1.96. The van der Waals surface area contributed by atoms with Gasteiger partial charge < -0.3 is 10.1 Å². The lowest BCUT2D eigenvalue weighted by atomic mass is 9.83. The van der Waals surface area contributed by atoms with E-state index in [4.69, 9.17) is 4.74 Å². The minimum Gasteiger partial charge on any atom is -0.381 e. The maximum Gasteiger partial charge on any atom is 0.0601 e. The van der Waals surface area contributed by atoms with Gasteiger partial charge in [-0.15, -0.1) is 0 Å². The van der Waals surface area contributed by atoms with Gasteiger partial charge >= 0.3 is 0 Å². The van der Waals surface area contributed by atoms with E-state index in [1.165, 1.54) is 32.1 Å². The molecule has 2 rings (SSSR count). The second kappa shape index (κ2) is 3.82. The molecule has 2 fully saturated rings. The molecule has 1 atom stereocenters. The fourth-order valence-corrected chi connectivity index (χ4v) is 2.81. The zero-order valence-corrected chi connectivity index (χ0v) is 9.68. The standard InChI is InChI=1S/C12H23NO/c1-12(2)6-4-5-11(12)13-9-7-10(8-9)14-3/h9-11,13H,4-8H2,1-3H3. The summed E-state index contributed by atoms with van der Waals surface area (Å²) in [5, 5.41) is 3.79. The van der Waals surface area contributed by atoms with Gasteiger partial charge in [-0.3, -0.25) is 0 Å². The molecule has 0 amide bonds. The van der Waals surface area contributed by atoms with Crippen LogP contribution in [0.2, 0.25) is 0 Å². The monoisotopic (exact) mass is 197 g/mol. The quantitative estimate of drug-likeness (QED) is 0.750. The summed E-state index contributed by atoms with van der Waals surface area (Å²) >= 11 is 0. The van der Waals surface area contributed by atoms with Crippen molar-refractivity contribution >= 4 is 0 Å². The van der Waals surface area contributed by atoms with Crippen LogP contribution in [0, 0.1) is 5.41 Å². The molecule has 1 unspecified atom stereocenters. The lowest BCUT2D eigenvalue weighted by Gasteiger charge is -2.40. The SMILES string of the molecule is COC1CC(NC2CCCC2(C)C)C1. The highest BCUT2D eigenvalue weighted by molar-refractivity contribution is 4.95. The predicted molar refractivity (Wildman–Crippen MR) is 58.4 cm³/mol. The van der Waals surface area contributed by atoms with Crippen LogP contribution >= 0.6 is 0 Å². The molecule has 0 heterocycles. The zero-order chi connectivity index (χ0) is 10.2. The second-order valence-corrected chi connectivity index (χ2v) is 5.63. The predicted octanol–water partition coefficient (Wildman–Crippen LogP) is 2.33. The largest absolute Gasteiger partial charge is 0.381 e. The normalized spacial score (nSPS) is 40.9. The Balaban J connectivity index is 1.76. The van der Waals surface area contributed by atoms with E-state index < -0.39 is 0 Å². The lowest BCUT2D eigenvalue weighted by Crippen LogP contribution is -2.51. The van der Waals surface area contributed by atoms with Crippen LogP contribution in [-0.2, 0) is 4.74 Å². The number of methoxy groups -OCH3 is 1. The molecule has 2 heteroatoms. The Morgan fingerprint density at radius 1 is 1.29 bits per heavy atom. The lowest BCUT2D eigenvalue weighted by molar-refractivity contribution is 0.0103. The van der Waals surface area contributed by atoms with Crippen LogP contribution in [0.4, 0.5) is 0 Å². The van der Waals surface area contributed by atoms with Crippen molar-refractivity contribution in [2.24, 2.45) is 5.41 Å². The van der Waals surface area contributed by atoms with Gasteiger partial charge in [-0.2, -0.15) is 0 Å². The molecule has 0 aromatic rings. The van der Waals surface area contributed by atoms with Gasteiger partial charge in [0.15, 0.2) is 0 Å². The van der Waals surface area contributed by atoms with Crippen LogP contribution in [-0.4, -0.2) is 25.3 Å². The molecule has 0 aromatic carbocycles. The summed E-state index contributed by atoms with van der Waals surface area (Å²) in [6, 6.07) is 1.47. The molecule has 1 N–H and O–H groups in total. The van der Waals surface area contributed by atoms with Gasteiger partial charge in [0.25, 0.3) is 0 Å². The van der Waals surface area contributed by atoms with Crippen molar-refractivity contribution in [1.29, 1.82) is 0 Å². The first kappa shape index (κ1) is 10.4. The maximum absolute atomic E-state index is 5.29. The minimum absolute atomic E-state index is 0.512. The number of nitrogens with one attached hydrogen (secondary N) is 1. The fraction of sp³-hybridized carbons (Fsp3) is 1.00. The van der Waals surface area contributed by atoms with Crippen molar-refractivity contribution in [3.05, 3.63) is 0 Å². The Labute approximate surface area is 87.4 Å². The van der Waals surface area contributed by atoms with E-state index in [0.29, 0.717) is 11.5 Å². The molecule has 82 valence electrons. The van der Waals surface area contributed by atoms with E-state index in [1.54, 1.807) is 0 Å². The van der Waals surface area contributed by atoms with Crippen LogP contribution < -0.4 is 5.32 Å². The fourth-order valence-electron chi connectivity index (χ4n) is 2.81. The van der Waals surface area contributed by atoms with Crippen molar-refractivity contribution in [3.63, 3.8) is 0 Å². The summed E-state index contributed by atoms with van der Waals surface area (Å²) in [4.78, 5) is 0. The van der Waals surface area contributed by atoms with E-state index in [1.807, 2.05) is 7.11 Å². The molecular formula is C12H23NO. The van der Waals surface area contributed by atoms with Crippen molar-refractivity contribution < 1.29 is 4.74 Å². The average molecular weight is 197 g/mol. The van der Waals surface area contributed by atoms with Crippen molar-refractivity contribution in [2.45, 2.75) is 64.1 Å². The Bertz CT molecular complexity index is 196. The first-order chi connectivity index (χ1) is 6.62. The molecule has 0 aromatic heterocycles. The van der Waals surface area contributed by atoms with Gasteiger partial charge in [0.1, 0.15) is 0 Å². The van der Waals surface area contributed by atoms with E-state index in [2.05, 4.69) is 19.2 Å². The van der Waals surface area contributed by atoms with E-state index >= 15 is 0 Å². The summed E-state index contributed by atoms with van der Waals surface area (Å²) in [5.74, 6) is 0. The van der Waals surface area contributed by atoms with E-state index in [0.717, 1.165) is 12.1 Å². The Kier molecular flexibility index (Phi) is 2.85. The minimum atomic E-state index is 0.512. The number of hydrogen-bond donors (Lipinski definition) is 1. The molecule has 2 aliphatic rings. The first-order valence-electron chi connectivity index (χ1n) is 5.90. The third-order valence-corrected chi connectivity index (χ3v) is 4.12. The van der Waals surface area contributed by atoms with Gasteiger partial charge in [-0.25, -0.2) is 0 Å². The Hall–Kier alpha value is -0.0800. The van der Waals surface area contributed by atoms with Crippen LogP contribution in [0.25, 0.3) is 0 Å². The van der Waals surface area contributed by atoms with E-state index in [-0.39, 0.29) is 0 Å². The molecule has 2 nitrogen and oxygen atoms in total. The average Bonchev–Trinajstić information content (AvgIpc) is 2.37. The Morgan fingerprint density at radius 3 is 2.50 bits per heavy atom. The molecule has 0 spiro atoms. The van der Waals surface area contributed by atoms with Crippen LogP contribution in [0.3, 0.4) is 0 Å². The van der Waals surface area contributed by atoms with Gasteiger partial charge in [-0.05, 0) is 31.1 Å². The second-order valence-electron chi connectivity index (χ2n) is 5.63. The highest BCUT2D eigenvalue weighted by Gasteiger charge is 2.38. The Morgan fingerprint density at radius 2 is 2.00 bits per heavy atom. The van der Waals surface area contributed by atoms with Crippen LogP contribution in [0.5, 0.6) is 0 Å². The highest BCUT2D eigenvalue weighted by Crippen LogP contribution is 2.38. The van der Waals surface area contributed by atoms with Crippen molar-refractivity contribution in [1.82, 2.24) is 5.32 Å². The number of rotatable bonds is 3. The van der Waals surface area contributed by atoms with Crippen molar-refractivity contribution in [3.8, 4) is 0 Å². The van der Waals surface area contributed by atoms with Crippen LogP contribution in [0.1, 0.15) is 46.0 Å². The summed E-state index contributed by atoms with van der Waals surface area (Å²) in [5.41, 5.74) is 0.512. The van der Waals surface area contributed by atoms with Gasteiger partial charge in [0.05, 0.1) is 6.10 Å². The number of ether oxygens (including phenoxy) is 1. The molecule has 2 aliphatic carbocycles. The summed E-state index contributed by atoms with van der Waals surface area (Å²) in [7, 11) is 1.82. The molecule has 0 bridgehead atoms. The molecule has 2 saturated carbocycles. The first-order valence-corrected chi connectivity index (χ1v) is 5.90. The number of hydrogen-bond acceptors (Lipinski definition) is 2. The third-order valence-electron chi connectivity index (χ3n) is 4.12. The molecule has 0 aliphatic heterocycles. The summed E-state index contributed by atoms with van der Waals surface area (Å²) in [6.45, 7) is 4.79. The van der Waals surface area contributed by atoms with Gasteiger partial charge in [0, 0.05) is 19.2 Å². The zero-order valence-electron chi connectivity index (χ0n) is 9.68. The molecule has 0 radical (unpaired) electrons. The summed E-state index contributed by atoms with van der Waals surface area (Å²) < 4.78 is 5.29. The van der Waals surface area contributed by atoms with Crippen LogP contribution in [0.15, 0.2) is 0 Å². The molecule has 0 saturated heterocycles. The maximum atomic E-state index is 5.29. The summed E-state index contributed by atoms with van der Waals surface area (Å²) in [6.07, 6.45) is 7.08. The van der Waals surface area contributed by atoms with Crippen molar-refractivity contribution in [2.75, 3.05) is 7.11 Å². The smallest absolute Gasteiger partial charge is 0.0601 e.